The number of rotatable bonds is 7. The standard InChI is InChI=1S/C38H36F2N6O3/c1-3-27-30(39)11-10-23-17-26(47)19-28(32(23)27)33-24(20-41)18-29-35(34(33)40)43-37(49-22-38-12-7-15-46(38)16-8-13-38)44-36(29)45-14-6-5-9-25(21-45)42-31(48)4-2/h1,4,10-11,17-19,25,47H,2,5-9,12-16,21-22H2,(H,42,48). The van der Waals surface area contributed by atoms with Gasteiger partial charge in [-0.2, -0.15) is 15.2 Å². The number of nitriles is 1. The molecule has 0 bridgehead atoms. The van der Waals surface area contributed by atoms with Crippen LogP contribution in [-0.4, -0.2) is 70.2 Å². The van der Waals surface area contributed by atoms with Gasteiger partial charge in [-0.15, -0.1) is 6.42 Å². The summed E-state index contributed by atoms with van der Waals surface area (Å²) in [5.41, 5.74) is -0.498. The summed E-state index contributed by atoms with van der Waals surface area (Å²) in [6.45, 7) is 6.88. The van der Waals surface area contributed by atoms with Crippen LogP contribution < -0.4 is 15.0 Å². The minimum Gasteiger partial charge on any atom is -0.508 e. The molecule has 3 aliphatic heterocycles. The zero-order valence-electron chi connectivity index (χ0n) is 27.1. The lowest BCUT2D eigenvalue weighted by Crippen LogP contribution is -2.43. The first-order valence-corrected chi connectivity index (χ1v) is 16.7. The molecular weight excluding hydrogens is 626 g/mol. The van der Waals surface area contributed by atoms with E-state index in [2.05, 4.69) is 33.8 Å². The number of ether oxygens (including phenoxy) is 1. The molecule has 3 aromatic carbocycles. The molecule has 0 saturated carbocycles. The number of hydrogen-bond donors (Lipinski definition) is 2. The quantitative estimate of drug-likeness (QED) is 0.184. The number of terminal acetylenes is 1. The Morgan fingerprint density at radius 2 is 1.96 bits per heavy atom. The molecule has 250 valence electrons. The number of carbonyl (C=O) groups is 1. The largest absolute Gasteiger partial charge is 0.508 e. The van der Waals surface area contributed by atoms with Gasteiger partial charge in [-0.3, -0.25) is 9.69 Å². The molecule has 7 rings (SSSR count). The highest BCUT2D eigenvalue weighted by Crippen LogP contribution is 2.43. The zero-order chi connectivity index (χ0) is 34.3. The molecule has 1 amide bonds. The number of nitrogens with one attached hydrogen (secondary N) is 1. The molecule has 0 aliphatic carbocycles. The van der Waals surface area contributed by atoms with Gasteiger partial charge in [0.25, 0.3) is 0 Å². The van der Waals surface area contributed by atoms with E-state index in [9.17, 15) is 19.6 Å². The van der Waals surface area contributed by atoms with E-state index >= 15 is 4.39 Å². The third-order valence-electron chi connectivity index (χ3n) is 10.3. The number of hydrogen-bond acceptors (Lipinski definition) is 8. The van der Waals surface area contributed by atoms with Gasteiger partial charge >= 0.3 is 6.01 Å². The summed E-state index contributed by atoms with van der Waals surface area (Å²) in [5, 5.41) is 24.9. The van der Waals surface area contributed by atoms with Crippen LogP contribution in [0.25, 0.3) is 32.8 Å². The molecule has 49 heavy (non-hydrogen) atoms. The van der Waals surface area contributed by atoms with Crippen molar-refractivity contribution in [2.24, 2.45) is 0 Å². The van der Waals surface area contributed by atoms with Gasteiger partial charge in [0.1, 0.15) is 29.5 Å². The minimum atomic E-state index is -0.852. The summed E-state index contributed by atoms with van der Waals surface area (Å²) in [6.07, 6.45) is 13.5. The van der Waals surface area contributed by atoms with Gasteiger partial charge in [0.15, 0.2) is 5.82 Å². The van der Waals surface area contributed by atoms with Crippen LogP contribution in [-0.2, 0) is 4.79 Å². The molecule has 1 aromatic heterocycles. The van der Waals surface area contributed by atoms with E-state index in [1.54, 1.807) is 0 Å². The van der Waals surface area contributed by atoms with Gasteiger partial charge in [-0.1, -0.05) is 18.6 Å². The number of aromatic hydroxyl groups is 1. The van der Waals surface area contributed by atoms with Crippen LogP contribution in [0.5, 0.6) is 11.8 Å². The predicted octanol–water partition coefficient (Wildman–Crippen LogP) is 5.96. The van der Waals surface area contributed by atoms with E-state index in [0.717, 1.165) is 58.0 Å². The second kappa shape index (κ2) is 13.0. The second-order valence-electron chi connectivity index (χ2n) is 13.2. The Hall–Kier alpha value is -5.26. The molecule has 11 heteroatoms. The Morgan fingerprint density at radius 1 is 1.16 bits per heavy atom. The van der Waals surface area contributed by atoms with Crippen LogP contribution in [0.2, 0.25) is 0 Å². The lowest BCUT2D eigenvalue weighted by atomic mass is 9.90. The lowest BCUT2D eigenvalue weighted by molar-refractivity contribution is -0.117. The van der Waals surface area contributed by atoms with E-state index in [-0.39, 0.29) is 67.8 Å². The van der Waals surface area contributed by atoms with Gasteiger partial charge in [-0.25, -0.2) is 8.78 Å². The monoisotopic (exact) mass is 662 g/mol. The number of carbonyl (C=O) groups excluding carboxylic acids is 1. The third kappa shape index (κ3) is 5.78. The van der Waals surface area contributed by atoms with Gasteiger partial charge in [-0.05, 0) is 99.3 Å². The van der Waals surface area contributed by atoms with E-state index < -0.39 is 11.6 Å². The Kier molecular flexibility index (Phi) is 8.56. The van der Waals surface area contributed by atoms with Crippen molar-refractivity contribution in [3.8, 4) is 41.3 Å². The van der Waals surface area contributed by atoms with Crippen molar-refractivity contribution in [3.63, 3.8) is 0 Å². The van der Waals surface area contributed by atoms with Crippen molar-refractivity contribution in [1.82, 2.24) is 20.2 Å². The van der Waals surface area contributed by atoms with Gasteiger partial charge in [0.05, 0.1) is 22.7 Å². The van der Waals surface area contributed by atoms with Crippen LogP contribution in [0.3, 0.4) is 0 Å². The predicted molar refractivity (Wildman–Crippen MR) is 183 cm³/mol. The maximum absolute atomic E-state index is 17.2. The minimum absolute atomic E-state index is 0.00256. The van der Waals surface area contributed by atoms with Crippen molar-refractivity contribution in [3.05, 3.63) is 65.7 Å². The van der Waals surface area contributed by atoms with E-state index in [0.29, 0.717) is 30.9 Å². The van der Waals surface area contributed by atoms with E-state index in [4.69, 9.17) is 16.1 Å². The van der Waals surface area contributed by atoms with Crippen LogP contribution in [0.15, 0.2) is 43.0 Å². The Morgan fingerprint density at radius 3 is 2.69 bits per heavy atom. The zero-order valence-corrected chi connectivity index (χ0v) is 27.1. The number of fused-ring (bicyclic) bond motifs is 3. The van der Waals surface area contributed by atoms with Crippen LogP contribution in [0.1, 0.15) is 56.1 Å². The fraction of sp³-hybridized carbons (Fsp3) is 0.368. The van der Waals surface area contributed by atoms with Crippen LogP contribution in [0, 0.1) is 35.3 Å². The average molecular weight is 663 g/mol. The molecule has 3 aliphatic rings. The van der Waals surface area contributed by atoms with Crippen molar-refractivity contribution >= 4 is 33.4 Å². The lowest BCUT2D eigenvalue weighted by Gasteiger charge is -2.31. The summed E-state index contributed by atoms with van der Waals surface area (Å²) in [7, 11) is 0. The molecule has 0 spiro atoms. The summed E-state index contributed by atoms with van der Waals surface area (Å²) >= 11 is 0. The number of benzene rings is 3. The first kappa shape index (κ1) is 32.3. The van der Waals surface area contributed by atoms with Crippen molar-refractivity contribution in [2.45, 2.75) is 56.5 Å². The SMILES string of the molecule is C#Cc1c(F)ccc2cc(O)cc(-c3c(C#N)cc4c(N5CCCCC(NC(=O)C=C)C5)nc(OCC56CCCN5CCC6)nc4c3F)c12. The summed E-state index contributed by atoms with van der Waals surface area (Å²) in [4.78, 5) is 26.1. The molecule has 0 radical (unpaired) electrons. The number of phenolic OH excluding ortho intramolecular Hbond substituents is 1. The molecule has 3 fully saturated rings. The Labute approximate surface area is 283 Å². The molecule has 1 atom stereocenters. The van der Waals surface area contributed by atoms with Crippen molar-refractivity contribution in [2.75, 3.05) is 37.7 Å². The molecular formula is C38H36F2N6O3. The molecule has 3 saturated heterocycles. The fourth-order valence-electron chi connectivity index (χ4n) is 7.98. The fourth-order valence-corrected chi connectivity index (χ4v) is 7.98. The van der Waals surface area contributed by atoms with E-state index in [1.807, 2.05) is 4.90 Å². The number of anilines is 1. The number of halogens is 2. The van der Waals surface area contributed by atoms with E-state index in [1.165, 1.54) is 36.4 Å². The smallest absolute Gasteiger partial charge is 0.319 e. The number of aromatic nitrogens is 2. The maximum Gasteiger partial charge on any atom is 0.319 e. The average Bonchev–Trinajstić information content (AvgIpc) is 3.60. The Bertz CT molecular complexity index is 2080. The van der Waals surface area contributed by atoms with Gasteiger partial charge in [0.2, 0.25) is 5.91 Å². The molecule has 9 nitrogen and oxygen atoms in total. The summed E-state index contributed by atoms with van der Waals surface area (Å²) < 4.78 is 38.6. The van der Waals surface area contributed by atoms with Crippen LogP contribution in [0.4, 0.5) is 14.6 Å². The highest BCUT2D eigenvalue weighted by atomic mass is 19.1. The summed E-state index contributed by atoms with van der Waals surface area (Å²) in [5.74, 6) is 0.704. The topological polar surface area (TPSA) is 115 Å². The van der Waals surface area contributed by atoms with Gasteiger partial charge < -0.3 is 20.1 Å². The highest BCUT2D eigenvalue weighted by molar-refractivity contribution is 6.05. The highest BCUT2D eigenvalue weighted by Gasteiger charge is 2.45. The first-order valence-electron chi connectivity index (χ1n) is 16.7. The number of nitrogens with zero attached hydrogens (tertiary/aromatic N) is 5. The van der Waals surface area contributed by atoms with Crippen molar-refractivity contribution < 1.29 is 23.4 Å². The maximum atomic E-state index is 17.2. The summed E-state index contributed by atoms with van der Waals surface area (Å²) in [6, 6.07) is 8.73. The number of phenols is 1. The molecule has 4 aromatic rings. The Balaban J connectivity index is 1.43. The van der Waals surface area contributed by atoms with Crippen LogP contribution >= 0.6 is 0 Å². The normalized spacial score (nSPS) is 18.9. The molecule has 2 N–H and O–H groups in total. The molecule has 4 heterocycles. The number of amides is 1. The van der Waals surface area contributed by atoms with Gasteiger partial charge in [0, 0.05) is 35.5 Å². The molecule has 1 unspecified atom stereocenters. The second-order valence-corrected chi connectivity index (χ2v) is 13.2. The third-order valence-corrected chi connectivity index (χ3v) is 10.3. The van der Waals surface area contributed by atoms with Crippen molar-refractivity contribution in [1.29, 1.82) is 5.26 Å². The first-order chi connectivity index (χ1) is 23.7.